The van der Waals surface area contributed by atoms with E-state index >= 15 is 0 Å². The van der Waals surface area contributed by atoms with Crippen molar-refractivity contribution in [3.63, 3.8) is 0 Å². The van der Waals surface area contributed by atoms with Gasteiger partial charge in [0.15, 0.2) is 0 Å². The van der Waals surface area contributed by atoms with Crippen LogP contribution in [0.25, 0.3) is 0 Å². The van der Waals surface area contributed by atoms with Gasteiger partial charge in [-0.1, -0.05) is 39.8 Å². The summed E-state index contributed by atoms with van der Waals surface area (Å²) >= 11 is 0. The summed E-state index contributed by atoms with van der Waals surface area (Å²) in [6, 6.07) is 0. The summed E-state index contributed by atoms with van der Waals surface area (Å²) in [5, 5.41) is 8.17. The molecule has 0 aliphatic rings. The molecule has 0 fully saturated rings. The average Bonchev–Trinajstić information content (AvgIpc) is 2.51. The lowest BCUT2D eigenvalue weighted by molar-refractivity contribution is 0.366. The van der Waals surface area contributed by atoms with E-state index in [1.54, 1.807) is 0 Å². The van der Waals surface area contributed by atoms with Gasteiger partial charge in [0, 0.05) is 12.0 Å². The lowest BCUT2D eigenvalue weighted by Crippen LogP contribution is -2.24. The first kappa shape index (κ1) is 12.2. The van der Waals surface area contributed by atoms with Gasteiger partial charge < -0.3 is 0 Å². The summed E-state index contributed by atoms with van der Waals surface area (Å²) in [6.45, 7) is 12.2. The van der Waals surface area contributed by atoms with E-state index in [-0.39, 0.29) is 5.41 Å². The van der Waals surface area contributed by atoms with Crippen LogP contribution in [0.15, 0.2) is 6.20 Å². The van der Waals surface area contributed by atoms with E-state index in [4.69, 9.17) is 0 Å². The monoisotopic (exact) mass is 209 g/mol. The molecule has 15 heavy (non-hydrogen) atoms. The van der Waals surface area contributed by atoms with Gasteiger partial charge in [0.25, 0.3) is 0 Å². The summed E-state index contributed by atoms with van der Waals surface area (Å²) in [4.78, 5) is 0. The zero-order valence-corrected chi connectivity index (χ0v) is 10.6. The Kier molecular flexibility index (Phi) is 3.89. The van der Waals surface area contributed by atoms with Gasteiger partial charge in [-0.15, -0.1) is 5.10 Å². The van der Waals surface area contributed by atoms with Gasteiger partial charge in [-0.2, -0.15) is 0 Å². The summed E-state index contributed by atoms with van der Waals surface area (Å²) in [5.41, 5.74) is 1.44. The van der Waals surface area contributed by atoms with Crippen LogP contribution in [0.2, 0.25) is 0 Å². The molecule has 0 unspecified atom stereocenters. The number of aromatic nitrogens is 3. The Labute approximate surface area is 92.9 Å². The highest BCUT2D eigenvalue weighted by Crippen LogP contribution is 2.29. The highest BCUT2D eigenvalue weighted by molar-refractivity contribution is 5.10. The van der Waals surface area contributed by atoms with Crippen LogP contribution in [0, 0.1) is 5.92 Å². The van der Waals surface area contributed by atoms with Crippen molar-refractivity contribution in [1.82, 2.24) is 15.0 Å². The predicted octanol–water partition coefficient (Wildman–Crippen LogP) is 3.01. The lowest BCUT2D eigenvalue weighted by atomic mass is 9.81. The first-order valence-corrected chi connectivity index (χ1v) is 5.86. The third-order valence-corrected chi connectivity index (χ3v) is 2.67. The predicted molar refractivity (Wildman–Crippen MR) is 62.8 cm³/mol. The van der Waals surface area contributed by atoms with Crippen LogP contribution in [0.4, 0.5) is 0 Å². The molecule has 0 saturated heterocycles. The standard InChI is InChI=1S/C12H23N3/c1-6-7-15-11(9-13-14-15)12(4,5)8-10(2)3/h9-10H,6-8H2,1-5H3. The third-order valence-electron chi connectivity index (χ3n) is 2.67. The molecule has 0 radical (unpaired) electrons. The van der Waals surface area contributed by atoms with E-state index in [2.05, 4.69) is 44.9 Å². The Morgan fingerprint density at radius 3 is 2.60 bits per heavy atom. The van der Waals surface area contributed by atoms with Crippen molar-refractivity contribution >= 4 is 0 Å². The van der Waals surface area contributed by atoms with Crippen molar-refractivity contribution in [2.75, 3.05) is 0 Å². The second-order valence-electron chi connectivity index (χ2n) is 5.32. The van der Waals surface area contributed by atoms with Gasteiger partial charge >= 0.3 is 0 Å². The smallest absolute Gasteiger partial charge is 0.0730 e. The molecular weight excluding hydrogens is 186 g/mol. The molecule has 0 amide bonds. The van der Waals surface area contributed by atoms with Gasteiger partial charge in [0.2, 0.25) is 0 Å². The number of aryl methyl sites for hydroxylation is 1. The quantitative estimate of drug-likeness (QED) is 0.746. The molecule has 1 rings (SSSR count). The van der Waals surface area contributed by atoms with Crippen molar-refractivity contribution in [1.29, 1.82) is 0 Å². The SMILES string of the molecule is CCCn1nncc1C(C)(C)CC(C)C. The van der Waals surface area contributed by atoms with Gasteiger partial charge in [-0.05, 0) is 18.8 Å². The van der Waals surface area contributed by atoms with Crippen LogP contribution in [-0.4, -0.2) is 15.0 Å². The Morgan fingerprint density at radius 2 is 2.07 bits per heavy atom. The minimum atomic E-state index is 0.173. The highest BCUT2D eigenvalue weighted by atomic mass is 15.4. The fourth-order valence-corrected chi connectivity index (χ4v) is 2.28. The summed E-state index contributed by atoms with van der Waals surface area (Å²) in [5.74, 6) is 0.699. The highest BCUT2D eigenvalue weighted by Gasteiger charge is 2.26. The minimum absolute atomic E-state index is 0.173. The van der Waals surface area contributed by atoms with Gasteiger partial charge in [-0.3, -0.25) is 0 Å². The van der Waals surface area contributed by atoms with Gasteiger partial charge in [-0.25, -0.2) is 4.68 Å². The lowest BCUT2D eigenvalue weighted by Gasteiger charge is -2.26. The van der Waals surface area contributed by atoms with Crippen molar-refractivity contribution in [3.05, 3.63) is 11.9 Å². The van der Waals surface area contributed by atoms with Crippen molar-refractivity contribution < 1.29 is 0 Å². The Balaban J connectivity index is 2.88. The molecule has 0 N–H and O–H groups in total. The van der Waals surface area contributed by atoms with Gasteiger partial charge in [0.05, 0.1) is 11.9 Å². The summed E-state index contributed by atoms with van der Waals surface area (Å²) in [7, 11) is 0. The number of hydrogen-bond donors (Lipinski definition) is 0. The van der Waals surface area contributed by atoms with Crippen molar-refractivity contribution in [2.45, 2.75) is 59.4 Å². The molecule has 0 bridgehead atoms. The van der Waals surface area contributed by atoms with Crippen LogP contribution in [0.5, 0.6) is 0 Å². The van der Waals surface area contributed by atoms with Gasteiger partial charge in [0.1, 0.15) is 0 Å². The van der Waals surface area contributed by atoms with Crippen LogP contribution >= 0.6 is 0 Å². The Bertz CT molecular complexity index is 300. The molecule has 3 nitrogen and oxygen atoms in total. The van der Waals surface area contributed by atoms with Crippen LogP contribution in [0.3, 0.4) is 0 Å². The molecule has 86 valence electrons. The van der Waals surface area contributed by atoms with Crippen LogP contribution in [-0.2, 0) is 12.0 Å². The van der Waals surface area contributed by atoms with E-state index in [9.17, 15) is 0 Å². The van der Waals surface area contributed by atoms with Crippen molar-refractivity contribution in [2.24, 2.45) is 5.92 Å². The molecule has 0 aliphatic carbocycles. The average molecular weight is 209 g/mol. The van der Waals surface area contributed by atoms with E-state index in [1.807, 2.05) is 10.9 Å². The molecule has 1 aromatic heterocycles. The fourth-order valence-electron chi connectivity index (χ4n) is 2.28. The zero-order chi connectivity index (χ0) is 11.5. The number of rotatable bonds is 5. The molecule has 0 aliphatic heterocycles. The summed E-state index contributed by atoms with van der Waals surface area (Å²) in [6.07, 6.45) is 4.19. The van der Waals surface area contributed by atoms with E-state index in [1.165, 1.54) is 12.1 Å². The molecule has 0 atom stereocenters. The number of nitrogens with zero attached hydrogens (tertiary/aromatic N) is 3. The zero-order valence-electron chi connectivity index (χ0n) is 10.6. The Morgan fingerprint density at radius 1 is 1.40 bits per heavy atom. The molecule has 3 heteroatoms. The van der Waals surface area contributed by atoms with E-state index < -0.39 is 0 Å². The van der Waals surface area contributed by atoms with E-state index in [0.717, 1.165) is 13.0 Å². The summed E-state index contributed by atoms with van der Waals surface area (Å²) < 4.78 is 2.04. The first-order valence-electron chi connectivity index (χ1n) is 5.86. The molecule has 0 saturated carbocycles. The molecule has 0 aromatic carbocycles. The second-order valence-corrected chi connectivity index (χ2v) is 5.32. The molecule has 1 aromatic rings. The molecule has 1 heterocycles. The maximum atomic E-state index is 4.15. The normalized spacial score (nSPS) is 12.4. The Hall–Kier alpha value is -0.860. The fraction of sp³-hybridized carbons (Fsp3) is 0.833. The second kappa shape index (κ2) is 4.77. The molecule has 0 spiro atoms. The third kappa shape index (κ3) is 3.05. The number of hydrogen-bond acceptors (Lipinski definition) is 2. The topological polar surface area (TPSA) is 30.7 Å². The first-order chi connectivity index (χ1) is 6.97. The molecular formula is C12H23N3. The van der Waals surface area contributed by atoms with Crippen molar-refractivity contribution in [3.8, 4) is 0 Å². The van der Waals surface area contributed by atoms with Crippen LogP contribution in [0.1, 0.15) is 53.2 Å². The van der Waals surface area contributed by atoms with Crippen LogP contribution < -0.4 is 0 Å². The minimum Gasteiger partial charge on any atom is -0.249 e. The van der Waals surface area contributed by atoms with E-state index in [0.29, 0.717) is 5.92 Å². The maximum absolute atomic E-state index is 4.15. The maximum Gasteiger partial charge on any atom is 0.0730 e. The largest absolute Gasteiger partial charge is 0.249 e.